The molecule has 0 spiro atoms. The molecule has 0 aliphatic carbocycles. The van der Waals surface area contributed by atoms with Crippen molar-refractivity contribution < 1.29 is 0 Å². The summed E-state index contributed by atoms with van der Waals surface area (Å²) in [5, 5.41) is 0. The molecule has 2 aromatic heterocycles. The van der Waals surface area contributed by atoms with E-state index in [1.807, 2.05) is 29.7 Å². The van der Waals surface area contributed by atoms with Crippen molar-refractivity contribution in [1.82, 2.24) is 14.5 Å². The van der Waals surface area contributed by atoms with Crippen molar-refractivity contribution in [3.8, 4) is 0 Å². The smallest absolute Gasteiger partial charge is 0.202 e. The Hall–Kier alpha value is -2.36. The molecule has 2 N–H and O–H groups in total. The van der Waals surface area contributed by atoms with Crippen molar-refractivity contribution in [2.75, 3.05) is 5.73 Å². The van der Waals surface area contributed by atoms with E-state index in [0.717, 1.165) is 16.7 Å². The number of anilines is 1. The Morgan fingerprint density at radius 3 is 2.68 bits per heavy atom. The molecule has 0 aliphatic rings. The molecule has 0 bridgehead atoms. The van der Waals surface area contributed by atoms with Gasteiger partial charge in [-0.2, -0.15) is 0 Å². The Morgan fingerprint density at radius 1 is 1.11 bits per heavy atom. The van der Waals surface area contributed by atoms with Gasteiger partial charge in [-0.1, -0.05) is 24.3 Å². The van der Waals surface area contributed by atoms with Crippen LogP contribution in [0.25, 0.3) is 11.2 Å². The summed E-state index contributed by atoms with van der Waals surface area (Å²) in [7, 11) is 0. The summed E-state index contributed by atoms with van der Waals surface area (Å²) in [6, 6.07) is 10.2. The van der Waals surface area contributed by atoms with E-state index >= 15 is 0 Å². The van der Waals surface area contributed by atoms with Gasteiger partial charge in [0.25, 0.3) is 0 Å². The minimum atomic E-state index is 0.514. The van der Waals surface area contributed by atoms with E-state index < -0.39 is 0 Å². The summed E-state index contributed by atoms with van der Waals surface area (Å²) in [6.07, 6.45) is 1.80. The van der Waals surface area contributed by atoms with E-state index in [0.29, 0.717) is 12.5 Å². The molecule has 0 unspecified atom stereocenters. The van der Waals surface area contributed by atoms with E-state index in [-0.39, 0.29) is 0 Å². The molecule has 3 aromatic rings. The van der Waals surface area contributed by atoms with E-state index in [1.165, 1.54) is 11.1 Å². The number of rotatable bonds is 2. The molecule has 0 radical (unpaired) electrons. The lowest BCUT2D eigenvalue weighted by molar-refractivity contribution is 0.822. The van der Waals surface area contributed by atoms with Crippen LogP contribution in [-0.2, 0) is 6.54 Å². The highest BCUT2D eigenvalue weighted by molar-refractivity contribution is 5.77. The van der Waals surface area contributed by atoms with Crippen LogP contribution in [0.4, 0.5) is 5.95 Å². The van der Waals surface area contributed by atoms with Crippen LogP contribution in [0.2, 0.25) is 0 Å². The minimum Gasteiger partial charge on any atom is -0.369 e. The fourth-order valence-electron chi connectivity index (χ4n) is 2.27. The van der Waals surface area contributed by atoms with Gasteiger partial charge in [0.1, 0.15) is 5.52 Å². The second-order valence-corrected chi connectivity index (χ2v) is 4.78. The minimum absolute atomic E-state index is 0.514. The lowest BCUT2D eigenvalue weighted by atomic mass is 10.1. The molecule has 0 saturated carbocycles. The molecule has 0 fully saturated rings. The SMILES string of the molecule is Cc1ccccc1Cn1c(N)nc2c(C)ccnc21. The molecule has 0 saturated heterocycles. The van der Waals surface area contributed by atoms with Gasteiger partial charge in [-0.15, -0.1) is 0 Å². The van der Waals surface area contributed by atoms with Crippen LogP contribution in [0, 0.1) is 13.8 Å². The number of nitrogen functional groups attached to an aromatic ring is 1. The van der Waals surface area contributed by atoms with Gasteiger partial charge < -0.3 is 5.73 Å². The number of nitrogens with two attached hydrogens (primary N) is 1. The summed E-state index contributed by atoms with van der Waals surface area (Å²) >= 11 is 0. The van der Waals surface area contributed by atoms with Gasteiger partial charge in [0.15, 0.2) is 5.65 Å². The van der Waals surface area contributed by atoms with Gasteiger partial charge in [0, 0.05) is 6.20 Å². The van der Waals surface area contributed by atoms with E-state index in [2.05, 4.69) is 29.0 Å². The van der Waals surface area contributed by atoms with E-state index in [1.54, 1.807) is 6.20 Å². The van der Waals surface area contributed by atoms with Gasteiger partial charge in [-0.3, -0.25) is 4.57 Å². The maximum atomic E-state index is 6.03. The van der Waals surface area contributed by atoms with Gasteiger partial charge in [0.2, 0.25) is 5.95 Å². The normalized spacial score (nSPS) is 11.1. The third kappa shape index (κ3) is 1.95. The van der Waals surface area contributed by atoms with Crippen LogP contribution in [-0.4, -0.2) is 14.5 Å². The first kappa shape index (κ1) is 11.7. The molecule has 0 amide bonds. The number of hydrogen-bond donors (Lipinski definition) is 1. The van der Waals surface area contributed by atoms with Crippen molar-refractivity contribution >= 4 is 17.1 Å². The molecular formula is C15H16N4. The second kappa shape index (κ2) is 4.39. The third-order valence-corrected chi connectivity index (χ3v) is 3.45. The maximum absolute atomic E-state index is 6.03. The largest absolute Gasteiger partial charge is 0.369 e. The number of nitrogens with zero attached hydrogens (tertiary/aromatic N) is 3. The summed E-state index contributed by atoms with van der Waals surface area (Å²) in [4.78, 5) is 8.83. The van der Waals surface area contributed by atoms with E-state index in [4.69, 9.17) is 5.73 Å². The lowest BCUT2D eigenvalue weighted by Crippen LogP contribution is -2.06. The third-order valence-electron chi connectivity index (χ3n) is 3.45. The number of imidazole rings is 1. The highest BCUT2D eigenvalue weighted by Crippen LogP contribution is 2.21. The van der Waals surface area contributed by atoms with Crippen molar-refractivity contribution in [2.45, 2.75) is 20.4 Å². The molecule has 19 heavy (non-hydrogen) atoms. The zero-order valence-electron chi connectivity index (χ0n) is 11.1. The average molecular weight is 252 g/mol. The van der Waals surface area contributed by atoms with Gasteiger partial charge in [0.05, 0.1) is 6.54 Å². The van der Waals surface area contributed by atoms with E-state index in [9.17, 15) is 0 Å². The first-order chi connectivity index (χ1) is 9.16. The molecule has 3 rings (SSSR count). The number of benzene rings is 1. The number of aromatic nitrogens is 3. The molecule has 0 aliphatic heterocycles. The van der Waals surface area contributed by atoms with Crippen molar-refractivity contribution in [3.05, 3.63) is 53.2 Å². The molecular weight excluding hydrogens is 236 g/mol. The fraction of sp³-hybridized carbons (Fsp3) is 0.200. The number of pyridine rings is 1. The first-order valence-electron chi connectivity index (χ1n) is 6.28. The van der Waals surface area contributed by atoms with Crippen LogP contribution in [0.1, 0.15) is 16.7 Å². The lowest BCUT2D eigenvalue weighted by Gasteiger charge is -2.08. The van der Waals surface area contributed by atoms with Crippen molar-refractivity contribution in [3.63, 3.8) is 0 Å². The topological polar surface area (TPSA) is 56.7 Å². The molecule has 4 heteroatoms. The van der Waals surface area contributed by atoms with Gasteiger partial charge >= 0.3 is 0 Å². The summed E-state index contributed by atoms with van der Waals surface area (Å²) in [5.41, 5.74) is 11.3. The Labute approximate surface area is 111 Å². The number of aryl methyl sites for hydroxylation is 2. The monoisotopic (exact) mass is 252 g/mol. The highest BCUT2D eigenvalue weighted by Gasteiger charge is 2.11. The van der Waals surface area contributed by atoms with Crippen LogP contribution < -0.4 is 5.73 Å². The van der Waals surface area contributed by atoms with Crippen molar-refractivity contribution in [1.29, 1.82) is 0 Å². The zero-order valence-corrected chi connectivity index (χ0v) is 11.1. The van der Waals surface area contributed by atoms with Gasteiger partial charge in [-0.25, -0.2) is 9.97 Å². The Bertz CT molecular complexity index is 743. The Morgan fingerprint density at radius 2 is 1.89 bits per heavy atom. The average Bonchev–Trinajstić information content (AvgIpc) is 2.71. The van der Waals surface area contributed by atoms with Gasteiger partial charge in [-0.05, 0) is 36.6 Å². The Balaban J connectivity index is 2.13. The quantitative estimate of drug-likeness (QED) is 0.763. The first-order valence-corrected chi connectivity index (χ1v) is 6.28. The number of hydrogen-bond acceptors (Lipinski definition) is 3. The van der Waals surface area contributed by atoms with Crippen LogP contribution in [0.3, 0.4) is 0 Å². The standard InChI is InChI=1S/C15H16N4/c1-10-5-3-4-6-12(10)9-19-14-13(18-15(19)16)11(2)7-8-17-14/h3-8H,9H2,1-2H3,(H2,16,18). The van der Waals surface area contributed by atoms with Crippen LogP contribution in [0.15, 0.2) is 36.5 Å². The maximum Gasteiger partial charge on any atom is 0.202 e. The molecule has 4 nitrogen and oxygen atoms in total. The predicted octanol–water partition coefficient (Wildman–Crippen LogP) is 2.68. The molecule has 0 atom stereocenters. The summed E-state index contributed by atoms with van der Waals surface area (Å²) in [6.45, 7) is 4.82. The highest BCUT2D eigenvalue weighted by atomic mass is 15.2. The molecule has 96 valence electrons. The van der Waals surface area contributed by atoms with Crippen molar-refractivity contribution in [2.24, 2.45) is 0 Å². The molecule has 1 aromatic carbocycles. The molecule has 2 heterocycles. The zero-order chi connectivity index (χ0) is 13.4. The second-order valence-electron chi connectivity index (χ2n) is 4.78. The predicted molar refractivity (Wildman–Crippen MR) is 77.0 cm³/mol. The summed E-state index contributed by atoms with van der Waals surface area (Å²) in [5.74, 6) is 0.514. The fourth-order valence-corrected chi connectivity index (χ4v) is 2.27. The van der Waals surface area contributed by atoms with Crippen LogP contribution in [0.5, 0.6) is 0 Å². The Kier molecular flexibility index (Phi) is 2.71. The summed E-state index contributed by atoms with van der Waals surface area (Å²) < 4.78 is 1.96. The number of fused-ring (bicyclic) bond motifs is 1. The van der Waals surface area contributed by atoms with Crippen LogP contribution >= 0.6 is 0 Å².